The number of fused-ring (bicyclic) bond motifs is 1. The largest absolute Gasteiger partial charge is 0.294 e. The number of carbonyl (C=O) groups excluding carboxylic acids is 1. The van der Waals surface area contributed by atoms with Gasteiger partial charge in [0.15, 0.2) is 12.1 Å². The maximum atomic E-state index is 13.9. The molecule has 0 atom stereocenters. The van der Waals surface area contributed by atoms with Gasteiger partial charge < -0.3 is 0 Å². The number of benzene rings is 2. The maximum Gasteiger partial charge on any atom is 0.266 e. The van der Waals surface area contributed by atoms with Crippen molar-refractivity contribution in [3.63, 3.8) is 0 Å². The van der Waals surface area contributed by atoms with Gasteiger partial charge >= 0.3 is 0 Å². The fourth-order valence-corrected chi connectivity index (χ4v) is 2.09. The van der Waals surface area contributed by atoms with Crippen molar-refractivity contribution in [2.75, 3.05) is 0 Å². The lowest BCUT2D eigenvalue weighted by atomic mass is 10.2. The third kappa shape index (κ3) is 1.80. The standard InChI is InChI=1S/C15H9FN2O2/c16-11-6-2-4-8-13(11)18-14(9-19)17-12-7-3-1-5-10(12)15(18)20/h1-9H. The first-order chi connectivity index (χ1) is 9.72. The molecule has 0 aliphatic rings. The van der Waals surface area contributed by atoms with Crippen LogP contribution in [0.2, 0.25) is 0 Å². The van der Waals surface area contributed by atoms with Crippen molar-refractivity contribution >= 4 is 17.2 Å². The van der Waals surface area contributed by atoms with Gasteiger partial charge in [-0.15, -0.1) is 0 Å². The lowest BCUT2D eigenvalue weighted by Crippen LogP contribution is -2.24. The summed E-state index contributed by atoms with van der Waals surface area (Å²) in [4.78, 5) is 27.7. The van der Waals surface area contributed by atoms with Gasteiger partial charge in [-0.3, -0.25) is 14.2 Å². The van der Waals surface area contributed by atoms with Gasteiger partial charge in [-0.2, -0.15) is 0 Å². The van der Waals surface area contributed by atoms with Gasteiger partial charge in [-0.1, -0.05) is 24.3 Å². The maximum absolute atomic E-state index is 13.9. The van der Waals surface area contributed by atoms with Crippen LogP contribution in [0.3, 0.4) is 0 Å². The summed E-state index contributed by atoms with van der Waals surface area (Å²) >= 11 is 0. The minimum Gasteiger partial charge on any atom is -0.294 e. The van der Waals surface area contributed by atoms with E-state index in [9.17, 15) is 14.0 Å². The molecule has 0 saturated carbocycles. The highest BCUT2D eigenvalue weighted by molar-refractivity contribution is 5.82. The Morgan fingerprint density at radius 1 is 1.05 bits per heavy atom. The van der Waals surface area contributed by atoms with E-state index >= 15 is 0 Å². The molecule has 2 aromatic carbocycles. The van der Waals surface area contributed by atoms with E-state index in [0.29, 0.717) is 17.2 Å². The van der Waals surface area contributed by atoms with Crippen LogP contribution < -0.4 is 5.56 Å². The van der Waals surface area contributed by atoms with Crippen LogP contribution >= 0.6 is 0 Å². The second-order valence-corrected chi connectivity index (χ2v) is 4.20. The van der Waals surface area contributed by atoms with E-state index in [1.165, 1.54) is 18.2 Å². The first kappa shape index (κ1) is 12.2. The fraction of sp³-hybridized carbons (Fsp3) is 0. The molecule has 0 aliphatic carbocycles. The van der Waals surface area contributed by atoms with Crippen LogP contribution in [-0.4, -0.2) is 15.8 Å². The van der Waals surface area contributed by atoms with Crippen molar-refractivity contribution < 1.29 is 9.18 Å². The monoisotopic (exact) mass is 268 g/mol. The predicted octanol–water partition coefficient (Wildman–Crippen LogP) is 2.34. The van der Waals surface area contributed by atoms with Gasteiger partial charge in [0.1, 0.15) is 5.82 Å². The number of aromatic nitrogens is 2. The van der Waals surface area contributed by atoms with Crippen molar-refractivity contribution in [2.24, 2.45) is 0 Å². The summed E-state index contributed by atoms with van der Waals surface area (Å²) in [6, 6.07) is 12.4. The first-order valence-electron chi connectivity index (χ1n) is 5.94. The quantitative estimate of drug-likeness (QED) is 0.670. The fourth-order valence-electron chi connectivity index (χ4n) is 2.09. The lowest BCUT2D eigenvalue weighted by molar-refractivity contribution is 0.111. The summed E-state index contributed by atoms with van der Waals surface area (Å²) in [6.45, 7) is 0. The molecule has 0 bridgehead atoms. The van der Waals surface area contributed by atoms with Crippen LogP contribution in [0, 0.1) is 5.82 Å². The first-order valence-corrected chi connectivity index (χ1v) is 5.94. The highest BCUT2D eigenvalue weighted by Crippen LogP contribution is 2.14. The van der Waals surface area contributed by atoms with Crippen molar-refractivity contribution in [1.82, 2.24) is 9.55 Å². The topological polar surface area (TPSA) is 52.0 Å². The molecule has 3 rings (SSSR count). The summed E-state index contributed by atoms with van der Waals surface area (Å²) in [7, 11) is 0. The van der Waals surface area contributed by atoms with Gasteiger partial charge in [-0.05, 0) is 24.3 Å². The summed E-state index contributed by atoms with van der Waals surface area (Å²) in [5.74, 6) is -0.714. The van der Waals surface area contributed by atoms with Crippen LogP contribution in [0.5, 0.6) is 0 Å². The van der Waals surface area contributed by atoms with Gasteiger partial charge in [0.2, 0.25) is 0 Å². The number of para-hydroxylation sites is 2. The minimum absolute atomic E-state index is 0.0119. The normalized spacial score (nSPS) is 10.7. The van der Waals surface area contributed by atoms with Gasteiger partial charge in [-0.25, -0.2) is 9.37 Å². The number of rotatable bonds is 2. The SMILES string of the molecule is O=Cc1nc2ccccc2c(=O)n1-c1ccccc1F. The lowest BCUT2D eigenvalue weighted by Gasteiger charge is -2.10. The van der Waals surface area contributed by atoms with Crippen LogP contribution in [0.25, 0.3) is 16.6 Å². The summed E-state index contributed by atoms with van der Waals surface area (Å²) in [6.07, 6.45) is 0.445. The van der Waals surface area contributed by atoms with E-state index < -0.39 is 11.4 Å². The van der Waals surface area contributed by atoms with Gasteiger partial charge in [0, 0.05) is 0 Å². The number of halogens is 1. The molecular weight excluding hydrogens is 259 g/mol. The Bertz CT molecular complexity index is 871. The molecule has 20 heavy (non-hydrogen) atoms. The smallest absolute Gasteiger partial charge is 0.266 e. The van der Waals surface area contributed by atoms with E-state index in [-0.39, 0.29) is 11.5 Å². The van der Waals surface area contributed by atoms with E-state index in [0.717, 1.165) is 4.57 Å². The summed E-state index contributed by atoms with van der Waals surface area (Å²) in [5, 5.41) is 0.335. The average Bonchev–Trinajstić information content (AvgIpc) is 2.48. The summed E-state index contributed by atoms with van der Waals surface area (Å²) in [5.41, 5.74) is -0.0483. The Hall–Kier alpha value is -2.82. The van der Waals surface area contributed by atoms with Crippen LogP contribution in [0.1, 0.15) is 10.6 Å². The zero-order valence-corrected chi connectivity index (χ0v) is 10.3. The van der Waals surface area contributed by atoms with Crippen molar-refractivity contribution in [1.29, 1.82) is 0 Å². The Morgan fingerprint density at radius 3 is 2.50 bits per heavy atom. The third-order valence-electron chi connectivity index (χ3n) is 3.00. The van der Waals surface area contributed by atoms with Crippen molar-refractivity contribution in [3.05, 3.63) is 70.5 Å². The van der Waals surface area contributed by atoms with Gasteiger partial charge in [0.25, 0.3) is 5.56 Å². The number of aldehydes is 1. The van der Waals surface area contributed by atoms with Crippen molar-refractivity contribution in [3.8, 4) is 5.69 Å². The number of carbonyl (C=O) groups is 1. The Balaban J connectivity index is 2.47. The molecule has 0 amide bonds. The minimum atomic E-state index is -0.588. The molecule has 1 aromatic heterocycles. The van der Waals surface area contributed by atoms with Crippen LogP contribution in [0.4, 0.5) is 4.39 Å². The molecular formula is C15H9FN2O2. The van der Waals surface area contributed by atoms with Crippen molar-refractivity contribution in [2.45, 2.75) is 0 Å². The Morgan fingerprint density at radius 2 is 1.75 bits per heavy atom. The number of hydrogen-bond donors (Lipinski definition) is 0. The average molecular weight is 268 g/mol. The molecule has 0 N–H and O–H groups in total. The molecule has 0 saturated heterocycles. The molecule has 0 spiro atoms. The summed E-state index contributed by atoms with van der Waals surface area (Å²) < 4.78 is 14.9. The molecule has 0 aliphatic heterocycles. The third-order valence-corrected chi connectivity index (χ3v) is 3.00. The highest BCUT2D eigenvalue weighted by Gasteiger charge is 2.14. The zero-order chi connectivity index (χ0) is 14.1. The number of nitrogens with zero attached hydrogens (tertiary/aromatic N) is 2. The molecule has 0 radical (unpaired) electrons. The van der Waals surface area contributed by atoms with Crippen LogP contribution in [0.15, 0.2) is 53.3 Å². The molecule has 98 valence electrons. The molecule has 4 nitrogen and oxygen atoms in total. The predicted molar refractivity (Wildman–Crippen MR) is 72.7 cm³/mol. The molecule has 3 aromatic rings. The Labute approximate surface area is 113 Å². The van der Waals surface area contributed by atoms with E-state index in [2.05, 4.69) is 4.98 Å². The Kier molecular flexibility index (Phi) is 2.87. The van der Waals surface area contributed by atoms with Gasteiger partial charge in [0.05, 0.1) is 16.6 Å². The van der Waals surface area contributed by atoms with E-state index in [4.69, 9.17) is 0 Å². The molecule has 0 fully saturated rings. The molecule has 1 heterocycles. The van der Waals surface area contributed by atoms with Crippen LogP contribution in [-0.2, 0) is 0 Å². The zero-order valence-electron chi connectivity index (χ0n) is 10.3. The van der Waals surface area contributed by atoms with E-state index in [1.807, 2.05) is 0 Å². The second-order valence-electron chi connectivity index (χ2n) is 4.20. The highest BCUT2D eigenvalue weighted by atomic mass is 19.1. The second kappa shape index (κ2) is 4.70. The molecule has 5 heteroatoms. The molecule has 0 unspecified atom stereocenters. The number of hydrogen-bond acceptors (Lipinski definition) is 3. The van der Waals surface area contributed by atoms with E-state index in [1.54, 1.807) is 30.3 Å².